The lowest BCUT2D eigenvalue weighted by Crippen LogP contribution is -2.61. The van der Waals surface area contributed by atoms with E-state index in [4.69, 9.17) is 0 Å². The molecule has 0 saturated carbocycles. The van der Waals surface area contributed by atoms with Crippen LogP contribution in [0.15, 0.2) is 30.3 Å². The highest BCUT2D eigenvalue weighted by molar-refractivity contribution is 5.98. The molecule has 1 unspecified atom stereocenters. The number of amides is 3. The Bertz CT molecular complexity index is 637. The molecule has 1 fully saturated rings. The first-order chi connectivity index (χ1) is 11.7. The number of rotatable bonds is 3. The van der Waals surface area contributed by atoms with Gasteiger partial charge in [0.05, 0.1) is 6.54 Å². The summed E-state index contributed by atoms with van der Waals surface area (Å²) in [4.78, 5) is 40.9. The highest BCUT2D eigenvalue weighted by Gasteiger charge is 2.37. The molecule has 0 aliphatic carbocycles. The van der Waals surface area contributed by atoms with Crippen molar-refractivity contribution in [3.8, 4) is 0 Å². The van der Waals surface area contributed by atoms with Crippen molar-refractivity contribution in [2.75, 3.05) is 26.7 Å². The second-order valence-electron chi connectivity index (χ2n) is 7.57. The number of hydrogen-bond donors (Lipinski definition) is 1. The average Bonchev–Trinajstić information content (AvgIpc) is 2.59. The minimum atomic E-state index is -0.671. The second-order valence-corrected chi connectivity index (χ2v) is 7.57. The largest absolute Gasteiger partial charge is 0.357 e. The highest BCUT2D eigenvalue weighted by Crippen LogP contribution is 2.22. The fraction of sp³-hybridized carbons (Fsp3) is 0.526. The van der Waals surface area contributed by atoms with Crippen LogP contribution in [0.5, 0.6) is 0 Å². The van der Waals surface area contributed by atoms with Gasteiger partial charge in [0, 0.05) is 32.1 Å². The molecule has 0 bridgehead atoms. The maximum Gasteiger partial charge on any atom is 0.254 e. The molecule has 25 heavy (non-hydrogen) atoms. The Hall–Kier alpha value is -2.37. The van der Waals surface area contributed by atoms with Gasteiger partial charge in [-0.15, -0.1) is 0 Å². The number of hydrogen-bond acceptors (Lipinski definition) is 3. The van der Waals surface area contributed by atoms with Gasteiger partial charge in [-0.3, -0.25) is 14.4 Å². The van der Waals surface area contributed by atoms with Crippen molar-refractivity contribution in [1.29, 1.82) is 0 Å². The van der Waals surface area contributed by atoms with Crippen molar-refractivity contribution in [2.45, 2.75) is 33.2 Å². The zero-order valence-corrected chi connectivity index (χ0v) is 15.4. The van der Waals surface area contributed by atoms with Crippen molar-refractivity contribution < 1.29 is 14.4 Å². The van der Waals surface area contributed by atoms with Crippen molar-refractivity contribution in [1.82, 2.24) is 15.1 Å². The predicted octanol–water partition coefficient (Wildman–Crippen LogP) is 1.52. The van der Waals surface area contributed by atoms with Crippen LogP contribution in [-0.2, 0) is 9.59 Å². The van der Waals surface area contributed by atoms with E-state index in [9.17, 15) is 14.4 Å². The van der Waals surface area contributed by atoms with Gasteiger partial charge in [0.25, 0.3) is 5.91 Å². The van der Waals surface area contributed by atoms with Crippen LogP contribution in [0.3, 0.4) is 0 Å². The van der Waals surface area contributed by atoms with Gasteiger partial charge >= 0.3 is 0 Å². The molecule has 1 aromatic rings. The molecule has 1 aliphatic rings. The Kier molecular flexibility index (Phi) is 5.82. The number of carbonyl (C=O) groups excluding carboxylic acids is 3. The van der Waals surface area contributed by atoms with Crippen LogP contribution in [0.1, 0.15) is 37.6 Å². The van der Waals surface area contributed by atoms with Gasteiger partial charge in [0.2, 0.25) is 11.8 Å². The number of likely N-dealkylation sites (N-methyl/N-ethyl adjacent to an activating group) is 1. The number of nitrogens with zero attached hydrogens (tertiary/aromatic N) is 2. The summed E-state index contributed by atoms with van der Waals surface area (Å²) in [5.74, 6) is -0.414. The maximum atomic E-state index is 12.8. The molecule has 3 amide bonds. The van der Waals surface area contributed by atoms with Gasteiger partial charge in [0.15, 0.2) is 0 Å². The summed E-state index contributed by atoms with van der Waals surface area (Å²) < 4.78 is 0. The number of carbonyl (C=O) groups is 3. The third kappa shape index (κ3) is 4.81. The molecular formula is C19H27N3O3. The predicted molar refractivity (Wildman–Crippen MR) is 96.0 cm³/mol. The minimum Gasteiger partial charge on any atom is -0.357 e. The molecule has 0 spiro atoms. The van der Waals surface area contributed by atoms with Crippen LogP contribution in [0, 0.1) is 5.41 Å². The van der Waals surface area contributed by atoms with E-state index in [0.717, 1.165) is 0 Å². The molecule has 1 atom stereocenters. The number of benzene rings is 1. The Morgan fingerprint density at radius 3 is 2.32 bits per heavy atom. The molecule has 1 N–H and O–H groups in total. The molecule has 6 nitrogen and oxygen atoms in total. The van der Waals surface area contributed by atoms with Crippen LogP contribution in [-0.4, -0.2) is 60.2 Å². The summed E-state index contributed by atoms with van der Waals surface area (Å²) in [6.07, 6.45) is 0.417. The van der Waals surface area contributed by atoms with E-state index in [0.29, 0.717) is 25.1 Å². The first-order valence-corrected chi connectivity index (χ1v) is 8.58. The zero-order valence-electron chi connectivity index (χ0n) is 15.4. The van der Waals surface area contributed by atoms with Gasteiger partial charge in [0.1, 0.15) is 6.04 Å². The summed E-state index contributed by atoms with van der Waals surface area (Å²) >= 11 is 0. The molecule has 0 aromatic heterocycles. The first kappa shape index (κ1) is 19.0. The first-order valence-electron chi connectivity index (χ1n) is 8.58. The average molecular weight is 345 g/mol. The van der Waals surface area contributed by atoms with Gasteiger partial charge in [-0.25, -0.2) is 0 Å². The number of nitrogens with one attached hydrogen (secondary N) is 1. The van der Waals surface area contributed by atoms with E-state index in [1.807, 2.05) is 26.8 Å². The quantitative estimate of drug-likeness (QED) is 0.903. The van der Waals surface area contributed by atoms with Crippen LogP contribution >= 0.6 is 0 Å². The Morgan fingerprint density at radius 1 is 1.12 bits per heavy atom. The standard InChI is InChI=1S/C19H27N3O3/c1-19(2,3)12-16(23)21-10-11-22(15(13-21)17(24)20-4)18(25)14-8-6-5-7-9-14/h5-9,15H,10-13H2,1-4H3,(H,20,24). The summed E-state index contributed by atoms with van der Waals surface area (Å²) in [6.45, 7) is 7.05. The van der Waals surface area contributed by atoms with E-state index >= 15 is 0 Å². The van der Waals surface area contributed by atoms with Crippen molar-refractivity contribution >= 4 is 17.7 Å². The second kappa shape index (κ2) is 7.68. The van der Waals surface area contributed by atoms with Gasteiger partial charge < -0.3 is 15.1 Å². The highest BCUT2D eigenvalue weighted by atomic mass is 16.2. The summed E-state index contributed by atoms with van der Waals surface area (Å²) in [7, 11) is 1.55. The fourth-order valence-corrected chi connectivity index (χ4v) is 2.96. The summed E-state index contributed by atoms with van der Waals surface area (Å²) in [6, 6.07) is 8.24. The third-order valence-electron chi connectivity index (χ3n) is 4.25. The molecule has 1 heterocycles. The van der Waals surface area contributed by atoms with Crippen LogP contribution in [0.4, 0.5) is 0 Å². The fourth-order valence-electron chi connectivity index (χ4n) is 2.96. The topological polar surface area (TPSA) is 69.7 Å². The number of piperazine rings is 1. The molecule has 1 saturated heterocycles. The van der Waals surface area contributed by atoms with E-state index in [2.05, 4.69) is 5.32 Å². The van der Waals surface area contributed by atoms with Crippen molar-refractivity contribution in [2.24, 2.45) is 5.41 Å². The van der Waals surface area contributed by atoms with Gasteiger partial charge in [-0.2, -0.15) is 0 Å². The van der Waals surface area contributed by atoms with E-state index in [-0.39, 0.29) is 29.7 Å². The molecule has 2 rings (SSSR count). The molecule has 1 aliphatic heterocycles. The smallest absolute Gasteiger partial charge is 0.254 e. The molecule has 6 heteroatoms. The van der Waals surface area contributed by atoms with Crippen LogP contribution < -0.4 is 5.32 Å². The summed E-state index contributed by atoms with van der Waals surface area (Å²) in [5, 5.41) is 2.61. The maximum absolute atomic E-state index is 12.8. The van der Waals surface area contributed by atoms with E-state index < -0.39 is 6.04 Å². The minimum absolute atomic E-state index is 0.0215. The lowest BCUT2D eigenvalue weighted by Gasteiger charge is -2.41. The monoisotopic (exact) mass is 345 g/mol. The lowest BCUT2D eigenvalue weighted by atomic mass is 9.91. The molecular weight excluding hydrogens is 318 g/mol. The van der Waals surface area contributed by atoms with E-state index in [1.165, 1.54) is 0 Å². The summed E-state index contributed by atoms with van der Waals surface area (Å²) in [5.41, 5.74) is 0.433. The van der Waals surface area contributed by atoms with Gasteiger partial charge in [-0.1, -0.05) is 39.0 Å². The zero-order chi connectivity index (χ0) is 18.6. The van der Waals surface area contributed by atoms with Crippen LogP contribution in [0.25, 0.3) is 0 Å². The Balaban J connectivity index is 2.17. The molecule has 136 valence electrons. The SMILES string of the molecule is CNC(=O)C1CN(C(=O)CC(C)(C)C)CCN1C(=O)c1ccccc1. The molecule has 1 aromatic carbocycles. The Morgan fingerprint density at radius 2 is 1.76 bits per heavy atom. The van der Waals surface area contributed by atoms with Crippen molar-refractivity contribution in [3.05, 3.63) is 35.9 Å². The van der Waals surface area contributed by atoms with E-state index in [1.54, 1.807) is 41.1 Å². The van der Waals surface area contributed by atoms with Crippen LogP contribution in [0.2, 0.25) is 0 Å². The third-order valence-corrected chi connectivity index (χ3v) is 4.25. The lowest BCUT2D eigenvalue weighted by molar-refractivity contribution is -0.138. The van der Waals surface area contributed by atoms with Gasteiger partial charge in [-0.05, 0) is 17.5 Å². The molecule has 0 radical (unpaired) electrons. The normalized spacial score (nSPS) is 18.0. The Labute approximate surface area is 149 Å². The van der Waals surface area contributed by atoms with Crippen molar-refractivity contribution in [3.63, 3.8) is 0 Å².